The minimum Gasteiger partial charge on any atom is -0.279 e. The molecule has 0 aliphatic rings. The Morgan fingerprint density at radius 3 is 2.04 bits per heavy atom. The molecule has 1 N–H and O–H groups in total. The van der Waals surface area contributed by atoms with Crippen molar-refractivity contribution in [2.24, 2.45) is 0 Å². The quantitative estimate of drug-likeness (QED) is 0.665. The fourth-order valence-corrected chi connectivity index (χ4v) is 3.72. The summed E-state index contributed by atoms with van der Waals surface area (Å²) in [7, 11) is -3.67. The molecule has 0 aliphatic heterocycles. The molecule has 3 rings (SSSR count). The van der Waals surface area contributed by atoms with Crippen LogP contribution in [0, 0.1) is 13.8 Å². The zero-order valence-electron chi connectivity index (χ0n) is 14.0. The number of nitrogens with one attached hydrogen (secondary N) is 1. The molecular weight excluding hydrogens is 354 g/mol. The first-order chi connectivity index (χ1) is 11.8. The molecule has 0 amide bonds. The maximum Gasteiger partial charge on any atom is 0.261 e. The third-order valence-corrected chi connectivity index (χ3v) is 5.62. The first-order valence-corrected chi connectivity index (χ1v) is 9.67. The summed E-state index contributed by atoms with van der Waals surface area (Å²) in [6.07, 6.45) is 0. The molecule has 3 aromatic carbocycles. The second kappa shape index (κ2) is 6.90. The van der Waals surface area contributed by atoms with E-state index in [0.29, 0.717) is 10.7 Å². The summed E-state index contributed by atoms with van der Waals surface area (Å²) in [5.41, 5.74) is 4.60. The summed E-state index contributed by atoms with van der Waals surface area (Å²) >= 11 is 5.83. The first kappa shape index (κ1) is 17.5. The number of aryl methyl sites for hydroxylation is 2. The molecule has 0 spiro atoms. The number of anilines is 1. The minimum atomic E-state index is -3.67. The lowest BCUT2D eigenvalue weighted by Gasteiger charge is -2.13. The highest BCUT2D eigenvalue weighted by molar-refractivity contribution is 7.92. The van der Waals surface area contributed by atoms with Crippen LogP contribution in [0.3, 0.4) is 0 Å². The molecule has 25 heavy (non-hydrogen) atoms. The fourth-order valence-electron chi connectivity index (χ4n) is 2.47. The molecule has 0 fully saturated rings. The Bertz CT molecular complexity index is 995. The van der Waals surface area contributed by atoms with Gasteiger partial charge in [-0.2, -0.15) is 0 Å². The van der Waals surface area contributed by atoms with E-state index in [0.717, 1.165) is 16.7 Å². The molecule has 0 aromatic heterocycles. The second-order valence-electron chi connectivity index (χ2n) is 5.96. The first-order valence-electron chi connectivity index (χ1n) is 7.81. The summed E-state index contributed by atoms with van der Waals surface area (Å²) in [4.78, 5) is 0.178. The average Bonchev–Trinajstić information content (AvgIpc) is 2.58. The molecule has 5 heteroatoms. The van der Waals surface area contributed by atoms with Crippen LogP contribution in [0.15, 0.2) is 71.6 Å². The summed E-state index contributed by atoms with van der Waals surface area (Å²) in [6, 6.07) is 20.0. The third-order valence-electron chi connectivity index (χ3n) is 3.99. The molecule has 0 atom stereocenters. The minimum absolute atomic E-state index is 0.178. The molecule has 0 aliphatic carbocycles. The Morgan fingerprint density at radius 1 is 0.800 bits per heavy atom. The highest BCUT2D eigenvalue weighted by atomic mass is 35.5. The van der Waals surface area contributed by atoms with Gasteiger partial charge in [-0.25, -0.2) is 8.42 Å². The van der Waals surface area contributed by atoms with Gasteiger partial charge < -0.3 is 0 Å². The molecule has 0 radical (unpaired) electrons. The zero-order chi connectivity index (χ0) is 18.0. The molecule has 0 saturated heterocycles. The van der Waals surface area contributed by atoms with Gasteiger partial charge >= 0.3 is 0 Å². The molecule has 3 aromatic rings. The predicted octanol–water partition coefficient (Wildman–Crippen LogP) is 5.42. The van der Waals surface area contributed by atoms with Crippen LogP contribution < -0.4 is 4.72 Å². The Hall–Kier alpha value is -2.30. The smallest absolute Gasteiger partial charge is 0.261 e. The highest BCUT2D eigenvalue weighted by Gasteiger charge is 2.15. The Morgan fingerprint density at radius 2 is 1.40 bits per heavy atom. The van der Waals surface area contributed by atoms with Crippen LogP contribution in [0.5, 0.6) is 0 Å². The van der Waals surface area contributed by atoms with Crippen molar-refractivity contribution >= 4 is 27.3 Å². The number of hydrogen-bond acceptors (Lipinski definition) is 2. The van der Waals surface area contributed by atoms with Gasteiger partial charge in [0.15, 0.2) is 0 Å². The molecular formula is C20H18ClNO2S. The van der Waals surface area contributed by atoms with Crippen molar-refractivity contribution in [3.63, 3.8) is 0 Å². The van der Waals surface area contributed by atoms with Gasteiger partial charge in [0.2, 0.25) is 0 Å². The molecule has 0 saturated carbocycles. The monoisotopic (exact) mass is 371 g/mol. The van der Waals surface area contributed by atoms with Gasteiger partial charge in [0.05, 0.1) is 10.6 Å². The zero-order valence-corrected chi connectivity index (χ0v) is 15.5. The van der Waals surface area contributed by atoms with Crippen LogP contribution in [0.4, 0.5) is 5.69 Å². The maximum absolute atomic E-state index is 12.6. The number of sulfonamides is 1. The lowest BCUT2D eigenvalue weighted by molar-refractivity contribution is 0.601. The molecule has 3 nitrogen and oxygen atoms in total. The van der Waals surface area contributed by atoms with Gasteiger partial charge in [-0.1, -0.05) is 53.6 Å². The topological polar surface area (TPSA) is 46.2 Å². The molecule has 128 valence electrons. The van der Waals surface area contributed by atoms with E-state index in [2.05, 4.69) is 4.72 Å². The normalized spacial score (nSPS) is 11.3. The summed E-state index contributed by atoms with van der Waals surface area (Å²) in [5.74, 6) is 0. The van der Waals surface area contributed by atoms with E-state index in [1.165, 1.54) is 17.7 Å². The average molecular weight is 372 g/mol. The van der Waals surface area contributed by atoms with Gasteiger partial charge in [0.25, 0.3) is 10.0 Å². The van der Waals surface area contributed by atoms with Crippen LogP contribution in [-0.4, -0.2) is 8.42 Å². The van der Waals surface area contributed by atoms with Crippen molar-refractivity contribution in [1.82, 2.24) is 0 Å². The van der Waals surface area contributed by atoms with Crippen molar-refractivity contribution < 1.29 is 8.42 Å². The maximum atomic E-state index is 12.6. The lowest BCUT2D eigenvalue weighted by Crippen LogP contribution is -2.13. The fraction of sp³-hybridized carbons (Fsp3) is 0.100. The van der Waals surface area contributed by atoms with E-state index in [-0.39, 0.29) is 4.90 Å². The SMILES string of the molecule is Cc1ccc(-c2ccc(C)c(NS(=O)(=O)c3ccc(Cl)cc3)c2)cc1. The van der Waals surface area contributed by atoms with E-state index in [9.17, 15) is 8.42 Å². The van der Waals surface area contributed by atoms with Gasteiger partial charge in [0.1, 0.15) is 0 Å². The van der Waals surface area contributed by atoms with Crippen molar-refractivity contribution in [1.29, 1.82) is 0 Å². The predicted molar refractivity (Wildman–Crippen MR) is 104 cm³/mol. The van der Waals surface area contributed by atoms with Crippen molar-refractivity contribution in [3.05, 3.63) is 82.9 Å². The van der Waals surface area contributed by atoms with Crippen LogP contribution in [-0.2, 0) is 10.0 Å². The standard InChI is InChI=1S/C20H18ClNO2S/c1-14-3-6-16(7-4-14)17-8-5-15(2)20(13-17)22-25(23,24)19-11-9-18(21)10-12-19/h3-13,22H,1-2H3. The molecule has 0 heterocycles. The van der Waals surface area contributed by atoms with Crippen molar-refractivity contribution in [3.8, 4) is 11.1 Å². The number of halogens is 1. The number of benzene rings is 3. The van der Waals surface area contributed by atoms with Gasteiger partial charge in [-0.15, -0.1) is 0 Å². The van der Waals surface area contributed by atoms with E-state index in [1.807, 2.05) is 56.3 Å². The summed E-state index contributed by atoms with van der Waals surface area (Å²) in [5, 5.41) is 0.497. The van der Waals surface area contributed by atoms with Gasteiger partial charge in [-0.05, 0) is 60.9 Å². The van der Waals surface area contributed by atoms with Gasteiger partial charge in [0, 0.05) is 5.02 Å². The lowest BCUT2D eigenvalue weighted by atomic mass is 10.0. The van der Waals surface area contributed by atoms with Crippen LogP contribution in [0.2, 0.25) is 5.02 Å². The van der Waals surface area contributed by atoms with E-state index in [4.69, 9.17) is 11.6 Å². The van der Waals surface area contributed by atoms with E-state index >= 15 is 0 Å². The van der Waals surface area contributed by atoms with Crippen LogP contribution in [0.1, 0.15) is 11.1 Å². The third kappa shape index (κ3) is 4.03. The van der Waals surface area contributed by atoms with Crippen LogP contribution >= 0.6 is 11.6 Å². The van der Waals surface area contributed by atoms with Crippen molar-refractivity contribution in [2.45, 2.75) is 18.7 Å². The largest absolute Gasteiger partial charge is 0.279 e. The summed E-state index contributed by atoms with van der Waals surface area (Å²) in [6.45, 7) is 3.91. The number of hydrogen-bond donors (Lipinski definition) is 1. The molecule has 0 bridgehead atoms. The Kier molecular flexibility index (Phi) is 4.84. The Balaban J connectivity index is 1.95. The Labute approximate surface area is 153 Å². The molecule has 0 unspecified atom stereocenters. The number of rotatable bonds is 4. The van der Waals surface area contributed by atoms with Crippen LogP contribution in [0.25, 0.3) is 11.1 Å². The van der Waals surface area contributed by atoms with Crippen molar-refractivity contribution in [2.75, 3.05) is 4.72 Å². The van der Waals surface area contributed by atoms with Gasteiger partial charge in [-0.3, -0.25) is 4.72 Å². The second-order valence-corrected chi connectivity index (χ2v) is 8.07. The summed E-state index contributed by atoms with van der Waals surface area (Å²) < 4.78 is 27.9. The highest BCUT2D eigenvalue weighted by Crippen LogP contribution is 2.27. The van der Waals surface area contributed by atoms with E-state index < -0.39 is 10.0 Å². The van der Waals surface area contributed by atoms with E-state index in [1.54, 1.807) is 12.1 Å².